The first kappa shape index (κ1) is 9.91. The van der Waals surface area contributed by atoms with Crippen LogP contribution in [0.25, 0.3) is 0 Å². The predicted octanol–water partition coefficient (Wildman–Crippen LogP) is 3.23. The van der Waals surface area contributed by atoms with E-state index in [0.717, 1.165) is 12.8 Å². The van der Waals surface area contributed by atoms with Crippen molar-refractivity contribution in [3.05, 3.63) is 65.5 Å². The third-order valence-corrected chi connectivity index (χ3v) is 2.62. The van der Waals surface area contributed by atoms with Crippen molar-refractivity contribution in [1.82, 2.24) is 4.98 Å². The van der Waals surface area contributed by atoms with Gasteiger partial charge in [-0.3, -0.25) is 4.98 Å². The second kappa shape index (κ2) is 4.74. The van der Waals surface area contributed by atoms with Gasteiger partial charge >= 0.3 is 0 Å². The molecule has 0 spiro atoms. The molecule has 1 aromatic carbocycles. The van der Waals surface area contributed by atoms with E-state index in [9.17, 15) is 0 Å². The summed E-state index contributed by atoms with van der Waals surface area (Å²) in [7, 11) is 0. The first-order valence-corrected chi connectivity index (χ1v) is 5.36. The Morgan fingerprint density at radius 1 is 1.00 bits per heavy atom. The summed E-state index contributed by atoms with van der Waals surface area (Å²) in [5, 5.41) is 0. The molecule has 0 bridgehead atoms. The molecular formula is C14H15N. The number of pyridine rings is 1. The van der Waals surface area contributed by atoms with Gasteiger partial charge in [0.2, 0.25) is 0 Å². The molecule has 0 radical (unpaired) electrons. The van der Waals surface area contributed by atoms with Crippen molar-refractivity contribution in [1.29, 1.82) is 0 Å². The largest absolute Gasteiger partial charge is 0.264 e. The molecule has 1 heteroatoms. The van der Waals surface area contributed by atoms with Crippen LogP contribution in [0.5, 0.6) is 0 Å². The highest BCUT2D eigenvalue weighted by Gasteiger charge is 2.00. The van der Waals surface area contributed by atoms with E-state index in [1.54, 1.807) is 0 Å². The number of aryl methyl sites for hydroxylation is 1. The summed E-state index contributed by atoms with van der Waals surface area (Å²) in [5.41, 5.74) is 4.10. The van der Waals surface area contributed by atoms with Crippen molar-refractivity contribution in [3.63, 3.8) is 0 Å². The molecule has 15 heavy (non-hydrogen) atoms. The Kier molecular flexibility index (Phi) is 3.13. The van der Waals surface area contributed by atoms with E-state index in [-0.39, 0.29) is 0 Å². The van der Waals surface area contributed by atoms with Crippen LogP contribution in [0.4, 0.5) is 0 Å². The Morgan fingerprint density at radius 2 is 1.80 bits per heavy atom. The lowest BCUT2D eigenvalue weighted by Crippen LogP contribution is -1.95. The zero-order valence-electron chi connectivity index (χ0n) is 8.98. The average Bonchev–Trinajstić information content (AvgIpc) is 2.31. The molecule has 1 aromatic heterocycles. The van der Waals surface area contributed by atoms with Gasteiger partial charge in [-0.1, -0.05) is 37.3 Å². The zero-order chi connectivity index (χ0) is 10.5. The Morgan fingerprint density at radius 3 is 2.53 bits per heavy atom. The number of nitrogens with zero attached hydrogens (tertiary/aromatic N) is 1. The molecule has 0 amide bonds. The first-order valence-electron chi connectivity index (χ1n) is 5.36. The van der Waals surface area contributed by atoms with Crippen LogP contribution >= 0.6 is 0 Å². The van der Waals surface area contributed by atoms with Gasteiger partial charge in [0, 0.05) is 12.4 Å². The van der Waals surface area contributed by atoms with E-state index in [1.165, 1.54) is 16.7 Å². The van der Waals surface area contributed by atoms with Gasteiger partial charge in [0.1, 0.15) is 0 Å². The van der Waals surface area contributed by atoms with Crippen LogP contribution in [0.15, 0.2) is 48.8 Å². The zero-order valence-corrected chi connectivity index (χ0v) is 8.98. The normalized spacial score (nSPS) is 10.2. The van der Waals surface area contributed by atoms with Crippen LogP contribution in [-0.4, -0.2) is 4.98 Å². The van der Waals surface area contributed by atoms with Gasteiger partial charge in [-0.25, -0.2) is 0 Å². The highest BCUT2D eigenvalue weighted by molar-refractivity contribution is 5.30. The van der Waals surface area contributed by atoms with Crippen molar-refractivity contribution < 1.29 is 0 Å². The molecule has 0 aliphatic heterocycles. The standard InChI is InChI=1S/C14H15N/c1-2-13-11-15-9-8-14(13)10-12-6-4-3-5-7-12/h3-9,11H,2,10H2,1H3. The third kappa shape index (κ3) is 2.44. The second-order valence-corrected chi connectivity index (χ2v) is 3.66. The first-order chi connectivity index (χ1) is 7.40. The number of benzene rings is 1. The van der Waals surface area contributed by atoms with Crippen LogP contribution < -0.4 is 0 Å². The number of hydrogen-bond donors (Lipinski definition) is 0. The van der Waals surface area contributed by atoms with Gasteiger partial charge in [0.15, 0.2) is 0 Å². The minimum atomic E-state index is 1.01. The molecular weight excluding hydrogens is 182 g/mol. The van der Waals surface area contributed by atoms with E-state index in [2.05, 4.69) is 48.3 Å². The van der Waals surface area contributed by atoms with Crippen molar-refractivity contribution in [2.45, 2.75) is 19.8 Å². The average molecular weight is 197 g/mol. The topological polar surface area (TPSA) is 12.9 Å². The fourth-order valence-electron chi connectivity index (χ4n) is 1.76. The molecule has 76 valence electrons. The molecule has 1 heterocycles. The molecule has 0 atom stereocenters. The second-order valence-electron chi connectivity index (χ2n) is 3.66. The fraction of sp³-hybridized carbons (Fsp3) is 0.214. The summed E-state index contributed by atoms with van der Waals surface area (Å²) in [6, 6.07) is 12.7. The molecule has 1 nitrogen and oxygen atoms in total. The van der Waals surface area contributed by atoms with Crippen LogP contribution in [-0.2, 0) is 12.8 Å². The maximum Gasteiger partial charge on any atom is 0.0302 e. The van der Waals surface area contributed by atoms with Crippen LogP contribution in [0.3, 0.4) is 0 Å². The number of rotatable bonds is 3. The molecule has 0 N–H and O–H groups in total. The summed E-state index contributed by atoms with van der Waals surface area (Å²) < 4.78 is 0. The van der Waals surface area contributed by atoms with Crippen LogP contribution in [0, 0.1) is 0 Å². The minimum Gasteiger partial charge on any atom is -0.264 e. The summed E-state index contributed by atoms with van der Waals surface area (Å²) in [4.78, 5) is 4.16. The van der Waals surface area contributed by atoms with Gasteiger partial charge in [0.05, 0.1) is 0 Å². The highest BCUT2D eigenvalue weighted by atomic mass is 14.6. The summed E-state index contributed by atoms with van der Waals surface area (Å²) in [5.74, 6) is 0. The Labute approximate surface area is 90.8 Å². The molecule has 0 aliphatic rings. The lowest BCUT2D eigenvalue weighted by molar-refractivity contribution is 1.03. The quantitative estimate of drug-likeness (QED) is 0.736. The summed E-state index contributed by atoms with van der Waals surface area (Å²) in [6.45, 7) is 2.17. The molecule has 0 saturated heterocycles. The molecule has 2 aromatic rings. The van der Waals surface area contributed by atoms with Crippen molar-refractivity contribution in [2.75, 3.05) is 0 Å². The van der Waals surface area contributed by atoms with E-state index >= 15 is 0 Å². The molecule has 2 rings (SSSR count). The van der Waals surface area contributed by atoms with Crippen molar-refractivity contribution in [3.8, 4) is 0 Å². The molecule has 0 saturated carbocycles. The lowest BCUT2D eigenvalue weighted by atomic mass is 10.0. The Balaban J connectivity index is 2.24. The van der Waals surface area contributed by atoms with Gasteiger partial charge in [-0.05, 0) is 35.6 Å². The number of aromatic nitrogens is 1. The van der Waals surface area contributed by atoms with Gasteiger partial charge < -0.3 is 0 Å². The Hall–Kier alpha value is -1.63. The van der Waals surface area contributed by atoms with E-state index in [0.29, 0.717) is 0 Å². The van der Waals surface area contributed by atoms with Crippen LogP contribution in [0.1, 0.15) is 23.6 Å². The maximum absolute atomic E-state index is 4.16. The number of hydrogen-bond acceptors (Lipinski definition) is 1. The van der Waals surface area contributed by atoms with Gasteiger partial charge in [-0.15, -0.1) is 0 Å². The highest BCUT2D eigenvalue weighted by Crippen LogP contribution is 2.13. The van der Waals surface area contributed by atoms with Crippen molar-refractivity contribution >= 4 is 0 Å². The molecule has 0 fully saturated rings. The SMILES string of the molecule is CCc1cnccc1Cc1ccccc1. The molecule has 0 aliphatic carbocycles. The lowest BCUT2D eigenvalue weighted by Gasteiger charge is -2.06. The van der Waals surface area contributed by atoms with Crippen molar-refractivity contribution in [2.24, 2.45) is 0 Å². The van der Waals surface area contributed by atoms with Gasteiger partial charge in [-0.2, -0.15) is 0 Å². The minimum absolute atomic E-state index is 1.01. The Bertz CT molecular complexity index is 420. The van der Waals surface area contributed by atoms with Crippen LogP contribution in [0.2, 0.25) is 0 Å². The smallest absolute Gasteiger partial charge is 0.0302 e. The third-order valence-electron chi connectivity index (χ3n) is 2.62. The fourth-order valence-corrected chi connectivity index (χ4v) is 1.76. The predicted molar refractivity (Wildman–Crippen MR) is 62.9 cm³/mol. The maximum atomic E-state index is 4.16. The van der Waals surface area contributed by atoms with Gasteiger partial charge in [0.25, 0.3) is 0 Å². The monoisotopic (exact) mass is 197 g/mol. The van der Waals surface area contributed by atoms with E-state index in [1.807, 2.05) is 12.4 Å². The summed E-state index contributed by atoms with van der Waals surface area (Å²) >= 11 is 0. The van der Waals surface area contributed by atoms with E-state index in [4.69, 9.17) is 0 Å². The van der Waals surface area contributed by atoms with E-state index < -0.39 is 0 Å². The summed E-state index contributed by atoms with van der Waals surface area (Å²) in [6.07, 6.45) is 5.90. The molecule has 0 unspecified atom stereocenters.